The van der Waals surface area contributed by atoms with Crippen molar-refractivity contribution in [1.82, 2.24) is 30.5 Å². The van der Waals surface area contributed by atoms with Crippen molar-refractivity contribution in [3.05, 3.63) is 94.3 Å². The molecule has 2 aromatic carbocycles. The maximum Gasteiger partial charge on any atom is 0.336 e. The summed E-state index contributed by atoms with van der Waals surface area (Å²) in [5.41, 5.74) is 1.30. The van der Waals surface area contributed by atoms with Crippen LogP contribution in [0.1, 0.15) is 41.7 Å². The molecule has 4 amide bonds. The van der Waals surface area contributed by atoms with Gasteiger partial charge in [-0.25, -0.2) is 31.1 Å². The molecule has 3 aliphatic heterocycles. The van der Waals surface area contributed by atoms with Crippen LogP contribution in [0.4, 0.5) is 10.5 Å². The number of phenols is 1. The quantitative estimate of drug-likeness (QED) is 0.0318. The van der Waals surface area contributed by atoms with E-state index in [1.54, 1.807) is 17.8 Å². The summed E-state index contributed by atoms with van der Waals surface area (Å²) in [5.74, 6) is -2.25. The van der Waals surface area contributed by atoms with E-state index >= 15 is 0 Å². The highest BCUT2D eigenvalue weighted by Gasteiger charge is 2.42. The molecule has 0 bridgehead atoms. The number of ether oxygens (including phenoxy) is 2. The second-order valence-electron chi connectivity index (χ2n) is 16.4. The highest BCUT2D eigenvalue weighted by atomic mass is 32.2. The molecule has 4 aliphatic rings. The monoisotopic (exact) mass is 1010 g/mol. The number of hydrogen-bond acceptors (Lipinski definition) is 16. The lowest BCUT2D eigenvalue weighted by atomic mass is 9.90. The summed E-state index contributed by atoms with van der Waals surface area (Å²) in [6.07, 6.45) is 3.57. The number of aromatic nitrogens is 3. The van der Waals surface area contributed by atoms with Crippen LogP contribution in [0.15, 0.2) is 82.0 Å². The fourth-order valence-electron chi connectivity index (χ4n) is 8.03. The Morgan fingerprint density at radius 2 is 1.72 bits per heavy atom. The zero-order chi connectivity index (χ0) is 49.3. The van der Waals surface area contributed by atoms with Crippen LogP contribution in [0.5, 0.6) is 5.75 Å². The average molecular weight is 1010 g/mol. The minimum absolute atomic E-state index is 0.0252. The molecule has 7 rings (SSSR count). The van der Waals surface area contributed by atoms with Gasteiger partial charge in [0.05, 0.1) is 74.1 Å². The number of benzene rings is 3. The number of urea groups is 1. The second kappa shape index (κ2) is 22.4. The first-order chi connectivity index (χ1) is 33.0. The molecule has 69 heavy (non-hydrogen) atoms. The lowest BCUT2D eigenvalue weighted by Crippen LogP contribution is -2.37. The number of sulfone groups is 2. The molecule has 24 heteroatoms. The predicted octanol–water partition coefficient (Wildman–Crippen LogP) is 3.26. The average Bonchev–Trinajstić information content (AvgIpc) is 4.02. The van der Waals surface area contributed by atoms with E-state index in [1.807, 2.05) is 0 Å². The van der Waals surface area contributed by atoms with E-state index in [-0.39, 0.29) is 144 Å². The van der Waals surface area contributed by atoms with Crippen LogP contribution in [-0.2, 0) is 51.8 Å². The summed E-state index contributed by atoms with van der Waals surface area (Å²) in [5, 5.41) is 38.7. The largest absolute Gasteiger partial charge is 0.508 e. The van der Waals surface area contributed by atoms with Crippen molar-refractivity contribution in [3.8, 4) is 28.2 Å². The topological polar surface area (TPSA) is 296 Å². The van der Waals surface area contributed by atoms with E-state index in [2.05, 4.69) is 32.8 Å². The zero-order valence-electron chi connectivity index (χ0n) is 37.2. The van der Waals surface area contributed by atoms with Crippen LogP contribution < -0.4 is 21.4 Å². The summed E-state index contributed by atoms with van der Waals surface area (Å²) in [6.45, 7) is 2.50. The number of amides is 4. The number of carbonyl (C=O) groups is 4. The minimum Gasteiger partial charge on any atom is -0.508 e. The van der Waals surface area contributed by atoms with E-state index in [9.17, 15) is 51.0 Å². The summed E-state index contributed by atoms with van der Waals surface area (Å²) < 4.78 is 66.9. The van der Waals surface area contributed by atoms with Gasteiger partial charge in [0.25, 0.3) is 0 Å². The van der Waals surface area contributed by atoms with Crippen LogP contribution in [0.3, 0.4) is 0 Å². The molecule has 3 atom stereocenters. The fraction of sp³-hybridized carbons (Fsp3) is 0.400. The predicted molar refractivity (Wildman–Crippen MR) is 255 cm³/mol. The molecule has 1 aliphatic carbocycles. The van der Waals surface area contributed by atoms with Gasteiger partial charge in [0.15, 0.2) is 25.1 Å². The van der Waals surface area contributed by atoms with E-state index in [0.29, 0.717) is 29.4 Å². The third kappa shape index (κ3) is 13.5. The number of nitrogens with zero attached hydrogens (tertiary/aromatic N) is 4. The minimum atomic E-state index is -3.71. The fourth-order valence-corrected chi connectivity index (χ4v) is 11.2. The van der Waals surface area contributed by atoms with Gasteiger partial charge in [-0.15, -0.1) is 5.10 Å². The number of nitrogens with one attached hydrogen (secondary N) is 3. The van der Waals surface area contributed by atoms with Crippen LogP contribution >= 0.6 is 11.8 Å². The molecular weight excluding hydrogens is 959 g/mol. The number of fused-ring (bicyclic) bond motifs is 3. The van der Waals surface area contributed by atoms with Gasteiger partial charge in [-0.1, -0.05) is 24.3 Å². The van der Waals surface area contributed by atoms with Crippen molar-refractivity contribution < 1.29 is 60.1 Å². The lowest BCUT2D eigenvalue weighted by molar-refractivity contribution is -0.131. The van der Waals surface area contributed by atoms with Crippen LogP contribution in [0.2, 0.25) is 0 Å². The molecule has 368 valence electrons. The SMILES string of the molecule is C=CS(=O)(=O)CCOCCOCCS(=O)(=O)CCN(Cc1cn(CC(=O)Nc2ccc(-c3c4ccc(=O)cc-4oc4cc(O)ccc34)c(C(=O)O)c2)nn1)C(=O)CCCC[C@@H]1SC[C@@H]2NC(=O)N[C@@H]21. The van der Waals surface area contributed by atoms with Gasteiger partial charge in [-0.3, -0.25) is 14.4 Å². The van der Waals surface area contributed by atoms with Gasteiger partial charge >= 0.3 is 12.0 Å². The molecule has 0 spiro atoms. The number of anilines is 1. The number of rotatable bonds is 25. The number of carbonyl (C=O) groups excluding carboxylic acids is 3. The molecule has 4 heterocycles. The number of unbranched alkanes of at least 4 members (excludes halogenated alkanes) is 1. The van der Waals surface area contributed by atoms with Crippen LogP contribution in [0.25, 0.3) is 33.4 Å². The highest BCUT2D eigenvalue weighted by Crippen LogP contribution is 2.42. The summed E-state index contributed by atoms with van der Waals surface area (Å²) in [6, 6.07) is 12.7. The molecule has 0 unspecified atom stereocenters. The van der Waals surface area contributed by atoms with Gasteiger partial charge in [-0.2, -0.15) is 11.8 Å². The number of carboxylic acid groups (broad SMARTS) is 1. The molecule has 1 aromatic heterocycles. The Hall–Kier alpha value is -6.34. The van der Waals surface area contributed by atoms with Gasteiger partial charge in [0.1, 0.15) is 29.3 Å². The molecular formula is C45H51N7O14S3. The van der Waals surface area contributed by atoms with E-state index in [4.69, 9.17) is 13.9 Å². The number of carboxylic acids is 1. The number of aromatic hydroxyl groups is 1. The zero-order valence-corrected chi connectivity index (χ0v) is 39.7. The summed E-state index contributed by atoms with van der Waals surface area (Å²) in [4.78, 5) is 65.1. The molecule has 5 N–H and O–H groups in total. The van der Waals surface area contributed by atoms with Crippen molar-refractivity contribution in [3.63, 3.8) is 0 Å². The third-order valence-electron chi connectivity index (χ3n) is 11.5. The number of hydrogen-bond donors (Lipinski definition) is 5. The number of aromatic carboxylic acids is 1. The Labute approximate surface area is 400 Å². The Morgan fingerprint density at radius 3 is 2.49 bits per heavy atom. The van der Waals surface area contributed by atoms with Crippen molar-refractivity contribution in [1.29, 1.82) is 0 Å². The summed E-state index contributed by atoms with van der Waals surface area (Å²) in [7, 11) is -7.12. The molecule has 0 saturated carbocycles. The van der Waals surface area contributed by atoms with Crippen molar-refractivity contribution in [2.75, 3.05) is 61.3 Å². The number of phenolic OH excluding ortho intramolecular Hbond substituents is 1. The maximum atomic E-state index is 13.7. The van der Waals surface area contributed by atoms with Gasteiger partial charge < -0.3 is 45.0 Å². The third-order valence-corrected chi connectivity index (χ3v) is 15.8. The highest BCUT2D eigenvalue weighted by molar-refractivity contribution is 8.00. The maximum absolute atomic E-state index is 13.7. The van der Waals surface area contributed by atoms with Crippen LogP contribution in [-0.4, -0.2) is 144 Å². The van der Waals surface area contributed by atoms with Crippen molar-refractivity contribution >= 4 is 71.9 Å². The molecule has 2 fully saturated rings. The van der Waals surface area contributed by atoms with E-state index in [0.717, 1.165) is 17.6 Å². The number of thioether (sulfide) groups is 1. The Balaban J connectivity index is 0.973. The first-order valence-corrected chi connectivity index (χ1v) is 26.5. The first-order valence-electron chi connectivity index (χ1n) is 21.9. The second-order valence-corrected chi connectivity index (χ2v) is 22.1. The Morgan fingerprint density at radius 1 is 0.957 bits per heavy atom. The molecule has 3 aromatic rings. The first kappa shape index (κ1) is 50.5. The van der Waals surface area contributed by atoms with Crippen LogP contribution in [0, 0.1) is 0 Å². The normalized spacial score (nSPS) is 16.8. The van der Waals surface area contributed by atoms with Gasteiger partial charge in [0.2, 0.25) is 11.8 Å². The van der Waals surface area contributed by atoms with Crippen molar-refractivity contribution in [2.24, 2.45) is 0 Å². The Kier molecular flexibility index (Phi) is 16.4. The smallest absolute Gasteiger partial charge is 0.336 e. The van der Waals surface area contributed by atoms with Gasteiger partial charge in [-0.05, 0) is 54.8 Å². The van der Waals surface area contributed by atoms with Crippen molar-refractivity contribution in [2.45, 2.75) is 56.1 Å². The van der Waals surface area contributed by atoms with Gasteiger partial charge in [0, 0.05) is 63.7 Å². The lowest BCUT2D eigenvalue weighted by Gasteiger charge is -2.22. The van der Waals surface area contributed by atoms with E-state index < -0.39 is 31.6 Å². The van der Waals surface area contributed by atoms with E-state index in [1.165, 1.54) is 64.3 Å². The molecule has 0 radical (unpaired) electrons. The summed E-state index contributed by atoms with van der Waals surface area (Å²) >= 11 is 1.77. The molecule has 21 nitrogen and oxygen atoms in total. The molecule has 2 saturated heterocycles. The Bertz CT molecular complexity index is 2980. The standard InChI is InChI=1S/C45H51N7O14S3/c1-2-68(60,61)19-16-64-14-15-65-17-20-69(62,63)18-13-51(41(56)6-4-3-5-39-43-36(27-67-39)47-45(59)48-43)24-29-25-52(50-49-29)26-40(55)46-28-7-10-32(35(21-28)44(57)58)42-33-11-8-30(53)22-37(33)66-38-23-31(54)9-12-34(38)42/h2,7-12,21-23,25,36,39,43,53H,1,3-6,13-20,24,26-27H2,(H,46,55)(H,57,58)(H2,47,48,59)/t36-,39-,43-/m0/s1.